The molecular formula is C29H24N4O5. The molecule has 0 spiro atoms. The number of nitrogens with one attached hydrogen (secondary N) is 1. The summed E-state index contributed by atoms with van der Waals surface area (Å²) in [6.07, 6.45) is 2.71. The van der Waals surface area contributed by atoms with E-state index in [9.17, 15) is 19.6 Å². The van der Waals surface area contributed by atoms with E-state index in [1.807, 2.05) is 32.0 Å². The van der Waals surface area contributed by atoms with E-state index in [0.717, 1.165) is 17.2 Å². The molecule has 4 aromatic rings. The molecular weight excluding hydrogens is 484 g/mol. The van der Waals surface area contributed by atoms with E-state index in [4.69, 9.17) is 9.47 Å². The van der Waals surface area contributed by atoms with Gasteiger partial charge in [0.25, 0.3) is 11.5 Å². The van der Waals surface area contributed by atoms with Crippen molar-refractivity contribution < 1.29 is 19.1 Å². The zero-order chi connectivity index (χ0) is 27.2. The van der Waals surface area contributed by atoms with Crippen LogP contribution in [-0.4, -0.2) is 27.9 Å². The van der Waals surface area contributed by atoms with Crippen molar-refractivity contribution in [3.63, 3.8) is 0 Å². The molecule has 2 aromatic heterocycles. The number of hydrogen-bond donors (Lipinski definition) is 1. The smallest absolute Gasteiger partial charge is 0.338 e. The van der Waals surface area contributed by atoms with Gasteiger partial charge in [0.05, 0.1) is 12.2 Å². The first kappa shape index (κ1) is 25.9. The Labute approximate surface area is 218 Å². The molecule has 0 aliphatic carbocycles. The summed E-state index contributed by atoms with van der Waals surface area (Å²) in [5.74, 6) is -0.763. The molecule has 1 N–H and O–H groups in total. The van der Waals surface area contributed by atoms with E-state index in [0.29, 0.717) is 22.6 Å². The predicted molar refractivity (Wildman–Crippen MR) is 142 cm³/mol. The Kier molecular flexibility index (Phi) is 7.63. The molecule has 38 heavy (non-hydrogen) atoms. The van der Waals surface area contributed by atoms with E-state index in [-0.39, 0.29) is 23.6 Å². The lowest BCUT2D eigenvalue weighted by Crippen LogP contribution is -2.20. The topological polar surface area (TPSA) is 123 Å². The van der Waals surface area contributed by atoms with Crippen LogP contribution < -0.4 is 15.6 Å². The van der Waals surface area contributed by atoms with Crippen LogP contribution in [0.3, 0.4) is 0 Å². The Hall–Kier alpha value is -5.23. The third kappa shape index (κ3) is 5.44. The van der Waals surface area contributed by atoms with Crippen LogP contribution in [0.1, 0.15) is 34.0 Å². The highest BCUT2D eigenvalue weighted by Crippen LogP contribution is 2.28. The number of aromatic nitrogens is 2. The number of amides is 1. The Bertz CT molecular complexity index is 1660. The molecule has 9 heteroatoms. The second kappa shape index (κ2) is 11.2. The Morgan fingerprint density at radius 3 is 2.55 bits per heavy atom. The van der Waals surface area contributed by atoms with Crippen molar-refractivity contribution in [1.29, 1.82) is 5.26 Å². The van der Waals surface area contributed by atoms with Crippen LogP contribution in [-0.2, 0) is 9.53 Å². The van der Waals surface area contributed by atoms with E-state index < -0.39 is 17.4 Å². The van der Waals surface area contributed by atoms with Crippen molar-refractivity contribution in [2.45, 2.75) is 20.8 Å². The fourth-order valence-electron chi connectivity index (χ4n) is 3.62. The van der Waals surface area contributed by atoms with Crippen LogP contribution in [0.2, 0.25) is 0 Å². The highest BCUT2D eigenvalue weighted by Gasteiger charge is 2.18. The number of benzene rings is 2. The van der Waals surface area contributed by atoms with E-state index >= 15 is 0 Å². The summed E-state index contributed by atoms with van der Waals surface area (Å²) in [6, 6.07) is 18.4. The molecule has 0 aliphatic heterocycles. The lowest BCUT2D eigenvalue weighted by atomic mass is 10.1. The normalized spacial score (nSPS) is 11.1. The van der Waals surface area contributed by atoms with Gasteiger partial charge in [0.15, 0.2) is 0 Å². The second-order valence-electron chi connectivity index (χ2n) is 8.29. The first-order valence-electron chi connectivity index (χ1n) is 11.8. The van der Waals surface area contributed by atoms with Gasteiger partial charge in [0, 0.05) is 11.9 Å². The average molecular weight is 509 g/mol. The largest absolute Gasteiger partial charge is 0.462 e. The van der Waals surface area contributed by atoms with Crippen LogP contribution >= 0.6 is 0 Å². The van der Waals surface area contributed by atoms with Gasteiger partial charge in [-0.05, 0) is 80.4 Å². The minimum Gasteiger partial charge on any atom is -0.462 e. The maximum absolute atomic E-state index is 13.4. The van der Waals surface area contributed by atoms with Gasteiger partial charge < -0.3 is 14.8 Å². The summed E-state index contributed by atoms with van der Waals surface area (Å²) in [6.45, 7) is 5.77. The molecule has 1 amide bonds. The Morgan fingerprint density at radius 1 is 1.08 bits per heavy atom. The van der Waals surface area contributed by atoms with Crippen molar-refractivity contribution in [3.8, 4) is 17.7 Å². The molecule has 0 atom stereocenters. The summed E-state index contributed by atoms with van der Waals surface area (Å²) in [5, 5.41) is 12.4. The van der Waals surface area contributed by atoms with Crippen molar-refractivity contribution in [2.75, 3.05) is 11.9 Å². The molecule has 0 aliphatic rings. The number of nitriles is 1. The van der Waals surface area contributed by atoms with E-state index in [1.165, 1.54) is 28.7 Å². The minimum atomic E-state index is -0.744. The number of anilines is 1. The number of fused-ring (bicyclic) bond motifs is 1. The molecule has 0 saturated carbocycles. The van der Waals surface area contributed by atoms with Gasteiger partial charge in [0.2, 0.25) is 5.88 Å². The number of carbonyl (C=O) groups is 2. The van der Waals surface area contributed by atoms with Crippen LogP contribution in [0.4, 0.5) is 5.69 Å². The number of hydrogen-bond acceptors (Lipinski definition) is 7. The molecule has 2 heterocycles. The Balaban J connectivity index is 1.72. The lowest BCUT2D eigenvalue weighted by molar-refractivity contribution is -0.112. The fraction of sp³-hybridized carbons (Fsp3) is 0.138. The monoisotopic (exact) mass is 508 g/mol. The number of pyridine rings is 1. The SMILES string of the molecule is CCOC(=O)c1ccc(NC(=O)/C(C#N)=C\c2c(Oc3cccc(C)c3C)nc3ccccn3c2=O)cc1. The van der Waals surface area contributed by atoms with Crippen LogP contribution in [0.15, 0.2) is 77.2 Å². The van der Waals surface area contributed by atoms with E-state index in [2.05, 4.69) is 10.3 Å². The molecule has 9 nitrogen and oxygen atoms in total. The minimum absolute atomic E-state index is 0.0331. The second-order valence-corrected chi connectivity index (χ2v) is 8.29. The number of esters is 1. The molecule has 0 bridgehead atoms. The van der Waals surface area contributed by atoms with Crippen LogP contribution in [0.5, 0.6) is 11.6 Å². The number of nitrogens with zero attached hydrogens (tertiary/aromatic N) is 3. The lowest BCUT2D eigenvalue weighted by Gasteiger charge is -2.13. The average Bonchev–Trinajstić information content (AvgIpc) is 2.91. The van der Waals surface area contributed by atoms with Crippen molar-refractivity contribution in [1.82, 2.24) is 9.38 Å². The summed E-state index contributed by atoms with van der Waals surface area (Å²) in [4.78, 5) is 42.7. The molecule has 190 valence electrons. The number of carbonyl (C=O) groups excluding carboxylic acids is 2. The van der Waals surface area contributed by atoms with Gasteiger partial charge in [-0.15, -0.1) is 0 Å². The number of rotatable bonds is 7. The Morgan fingerprint density at radius 2 is 1.84 bits per heavy atom. The fourth-order valence-corrected chi connectivity index (χ4v) is 3.62. The number of aryl methyl sites for hydroxylation is 1. The van der Waals surface area contributed by atoms with Gasteiger partial charge in [-0.1, -0.05) is 18.2 Å². The zero-order valence-electron chi connectivity index (χ0n) is 21.0. The van der Waals surface area contributed by atoms with Crippen LogP contribution in [0, 0.1) is 25.2 Å². The molecule has 2 aromatic carbocycles. The molecule has 4 rings (SSSR count). The number of ether oxygens (including phenoxy) is 2. The van der Waals surface area contributed by atoms with Gasteiger partial charge in [-0.3, -0.25) is 14.0 Å². The third-order valence-corrected chi connectivity index (χ3v) is 5.80. The highest BCUT2D eigenvalue weighted by molar-refractivity contribution is 6.10. The molecule has 0 fully saturated rings. The first-order chi connectivity index (χ1) is 18.3. The first-order valence-corrected chi connectivity index (χ1v) is 11.8. The zero-order valence-corrected chi connectivity index (χ0v) is 21.0. The van der Waals surface area contributed by atoms with Crippen LogP contribution in [0.25, 0.3) is 11.7 Å². The standard InChI is InChI=1S/C29H24N4O5/c1-4-37-29(36)20-11-13-22(14-12-20)31-26(34)21(17-30)16-23-27(38-24-9-7-8-18(2)19(24)3)32-25-10-5-6-15-33(25)28(23)35/h5-16H,4H2,1-3H3,(H,31,34)/b21-16-. The molecule has 0 unspecified atom stereocenters. The summed E-state index contributed by atoms with van der Waals surface area (Å²) in [5.41, 5.74) is 1.98. The van der Waals surface area contributed by atoms with E-state index in [1.54, 1.807) is 37.4 Å². The molecule has 0 radical (unpaired) electrons. The maximum atomic E-state index is 13.4. The van der Waals surface area contributed by atoms with Gasteiger partial charge in [0.1, 0.15) is 28.6 Å². The quantitative estimate of drug-likeness (QED) is 0.216. The van der Waals surface area contributed by atoms with Gasteiger partial charge >= 0.3 is 5.97 Å². The highest BCUT2D eigenvalue weighted by atomic mass is 16.5. The van der Waals surface area contributed by atoms with Crippen molar-refractivity contribution in [2.24, 2.45) is 0 Å². The third-order valence-electron chi connectivity index (χ3n) is 5.80. The molecule has 0 saturated heterocycles. The summed E-state index contributed by atoms with van der Waals surface area (Å²) < 4.78 is 12.3. The summed E-state index contributed by atoms with van der Waals surface area (Å²) in [7, 11) is 0. The van der Waals surface area contributed by atoms with Gasteiger partial charge in [-0.25, -0.2) is 4.79 Å². The predicted octanol–water partition coefficient (Wildman–Crippen LogP) is 4.83. The van der Waals surface area contributed by atoms with Gasteiger partial charge in [-0.2, -0.15) is 10.2 Å². The van der Waals surface area contributed by atoms with Crippen molar-refractivity contribution >= 4 is 29.3 Å². The maximum Gasteiger partial charge on any atom is 0.338 e. The van der Waals surface area contributed by atoms with Crippen molar-refractivity contribution in [3.05, 3.63) is 105 Å². The summed E-state index contributed by atoms with van der Waals surface area (Å²) >= 11 is 0.